The van der Waals surface area contributed by atoms with Gasteiger partial charge in [0.15, 0.2) is 0 Å². The third kappa shape index (κ3) is 2.94. The first kappa shape index (κ1) is 21.3. The molecule has 2 aromatic carbocycles. The maximum atomic E-state index is 13.9. The van der Waals surface area contributed by atoms with Crippen LogP contribution in [0.2, 0.25) is 0 Å². The van der Waals surface area contributed by atoms with Crippen molar-refractivity contribution < 1.29 is 23.9 Å². The van der Waals surface area contributed by atoms with E-state index >= 15 is 0 Å². The lowest BCUT2D eigenvalue weighted by Crippen LogP contribution is -2.67. The van der Waals surface area contributed by atoms with Gasteiger partial charge in [0.05, 0.1) is 31.1 Å². The van der Waals surface area contributed by atoms with Crippen LogP contribution in [0.4, 0.5) is 5.69 Å². The van der Waals surface area contributed by atoms with Gasteiger partial charge in [0.25, 0.3) is 0 Å². The van der Waals surface area contributed by atoms with Crippen LogP contribution in [0.15, 0.2) is 54.6 Å². The molecule has 33 heavy (non-hydrogen) atoms. The van der Waals surface area contributed by atoms with Gasteiger partial charge in [0.2, 0.25) is 17.7 Å². The quantitative estimate of drug-likeness (QED) is 0.565. The lowest BCUT2D eigenvalue weighted by atomic mass is 9.76. The lowest BCUT2D eigenvalue weighted by molar-refractivity contribution is -0.154. The Labute approximate surface area is 191 Å². The number of hydrogen-bond donors (Lipinski definition) is 1. The van der Waals surface area contributed by atoms with Crippen LogP contribution in [0.3, 0.4) is 0 Å². The Bertz CT molecular complexity index is 1150. The zero-order chi connectivity index (χ0) is 23.3. The van der Waals surface area contributed by atoms with E-state index < -0.39 is 41.2 Å². The van der Waals surface area contributed by atoms with Gasteiger partial charge in [-0.25, -0.2) is 4.90 Å². The predicted octanol–water partition coefficient (Wildman–Crippen LogP) is 1.59. The van der Waals surface area contributed by atoms with Crippen molar-refractivity contribution in [1.29, 1.82) is 0 Å². The first-order chi connectivity index (χ1) is 15.9. The van der Waals surface area contributed by atoms with Gasteiger partial charge in [0, 0.05) is 19.1 Å². The minimum Gasteiger partial charge on any atom is -0.469 e. The number of hydrogen-bond acceptors (Lipinski definition) is 6. The molecule has 0 saturated carbocycles. The van der Waals surface area contributed by atoms with Crippen LogP contribution in [0.1, 0.15) is 23.6 Å². The summed E-state index contributed by atoms with van der Waals surface area (Å²) in [6.07, 6.45) is -0.305. The van der Waals surface area contributed by atoms with Crippen LogP contribution in [0.5, 0.6) is 0 Å². The number of aryl methyl sites for hydroxylation is 1. The number of anilines is 1. The first-order valence-electron chi connectivity index (χ1n) is 11.0. The number of rotatable bonds is 4. The summed E-state index contributed by atoms with van der Waals surface area (Å²) in [4.78, 5) is 57.0. The average molecular weight is 447 g/mol. The summed E-state index contributed by atoms with van der Waals surface area (Å²) in [5, 5.41) is 2.84. The second-order valence-corrected chi connectivity index (χ2v) is 8.78. The van der Waals surface area contributed by atoms with Crippen molar-refractivity contribution in [3.8, 4) is 0 Å². The summed E-state index contributed by atoms with van der Waals surface area (Å²) < 4.78 is 4.93. The van der Waals surface area contributed by atoms with Crippen LogP contribution in [-0.4, -0.2) is 54.3 Å². The Kier molecular flexibility index (Phi) is 5.05. The number of imide groups is 1. The van der Waals surface area contributed by atoms with Gasteiger partial charge in [-0.15, -0.1) is 0 Å². The molecule has 3 heterocycles. The summed E-state index contributed by atoms with van der Waals surface area (Å²) in [7, 11) is 1.26. The minimum atomic E-state index is -1.50. The van der Waals surface area contributed by atoms with E-state index in [-0.39, 0.29) is 12.3 Å². The van der Waals surface area contributed by atoms with Crippen molar-refractivity contribution in [3.63, 3.8) is 0 Å². The second kappa shape index (κ2) is 7.81. The Hall–Kier alpha value is -3.52. The third-order valence-electron chi connectivity index (χ3n) is 7.22. The molecule has 5 rings (SSSR count). The molecule has 2 aromatic rings. The van der Waals surface area contributed by atoms with Crippen LogP contribution >= 0.6 is 0 Å². The largest absolute Gasteiger partial charge is 0.469 e. The van der Waals surface area contributed by atoms with Gasteiger partial charge in [-0.2, -0.15) is 0 Å². The molecule has 170 valence electrons. The van der Waals surface area contributed by atoms with Crippen molar-refractivity contribution in [2.45, 2.75) is 24.9 Å². The van der Waals surface area contributed by atoms with Gasteiger partial charge in [-0.1, -0.05) is 48.5 Å². The molecule has 0 bridgehead atoms. The Balaban J connectivity index is 1.72. The molecule has 3 aliphatic heterocycles. The number of methoxy groups -OCH3 is 1. The standard InChI is InChI=1S/C25H25N3O5/c1-15-8-6-7-11-17(15)28-22(30)19-20(23(28)31)25(14-18(29)33-2)24(32)26-12-13-27(25)21(19)16-9-4-3-5-10-16/h3-11,19-21H,12-14H2,1-2H3,(H,26,32)/t19-,20-,21+,25-/m0/s1. The summed E-state index contributed by atoms with van der Waals surface area (Å²) in [6.45, 7) is 2.62. The van der Waals surface area contributed by atoms with Crippen LogP contribution in [0, 0.1) is 18.8 Å². The van der Waals surface area contributed by atoms with E-state index in [2.05, 4.69) is 5.32 Å². The fraction of sp³-hybridized carbons (Fsp3) is 0.360. The van der Waals surface area contributed by atoms with Crippen molar-refractivity contribution >= 4 is 29.4 Å². The molecule has 0 spiro atoms. The fourth-order valence-corrected chi connectivity index (χ4v) is 5.86. The topological polar surface area (TPSA) is 96.0 Å². The summed E-state index contributed by atoms with van der Waals surface area (Å²) in [5.74, 6) is -3.62. The number of esters is 1. The van der Waals surface area contributed by atoms with E-state index in [1.807, 2.05) is 54.3 Å². The third-order valence-corrected chi connectivity index (χ3v) is 7.22. The highest BCUT2D eigenvalue weighted by Crippen LogP contribution is 2.57. The number of carbonyl (C=O) groups excluding carboxylic acids is 4. The number of nitrogens with one attached hydrogen (secondary N) is 1. The molecule has 0 aliphatic carbocycles. The maximum absolute atomic E-state index is 13.9. The van der Waals surface area contributed by atoms with E-state index in [1.165, 1.54) is 12.0 Å². The molecule has 8 heteroatoms. The molecule has 3 aliphatic rings. The van der Waals surface area contributed by atoms with Crippen LogP contribution < -0.4 is 10.2 Å². The van der Waals surface area contributed by atoms with Crippen LogP contribution in [-0.2, 0) is 23.9 Å². The number of fused-ring (bicyclic) bond motifs is 3. The number of nitrogens with zero attached hydrogens (tertiary/aromatic N) is 2. The summed E-state index contributed by atoms with van der Waals surface area (Å²) in [5.41, 5.74) is 0.620. The second-order valence-electron chi connectivity index (χ2n) is 8.78. The van der Waals surface area contributed by atoms with Crippen molar-refractivity contribution in [3.05, 3.63) is 65.7 Å². The average Bonchev–Trinajstić information content (AvgIpc) is 3.26. The fourth-order valence-electron chi connectivity index (χ4n) is 5.86. The highest BCUT2D eigenvalue weighted by atomic mass is 16.5. The molecule has 0 aromatic heterocycles. The Morgan fingerprint density at radius 3 is 2.45 bits per heavy atom. The first-order valence-corrected chi connectivity index (χ1v) is 11.0. The number of piperazine rings is 1. The van der Waals surface area contributed by atoms with Gasteiger partial charge >= 0.3 is 5.97 Å². The molecule has 0 radical (unpaired) electrons. The number of benzene rings is 2. The monoisotopic (exact) mass is 447 g/mol. The van der Waals surface area contributed by atoms with E-state index in [4.69, 9.17) is 4.74 Å². The highest BCUT2D eigenvalue weighted by molar-refractivity contribution is 6.25. The summed E-state index contributed by atoms with van der Waals surface area (Å²) >= 11 is 0. The smallest absolute Gasteiger partial charge is 0.307 e. The molecular weight excluding hydrogens is 422 g/mol. The van der Waals surface area contributed by atoms with Crippen molar-refractivity contribution in [2.75, 3.05) is 25.1 Å². The molecule has 8 nitrogen and oxygen atoms in total. The zero-order valence-electron chi connectivity index (χ0n) is 18.5. The van der Waals surface area contributed by atoms with E-state index in [0.717, 1.165) is 11.1 Å². The zero-order valence-corrected chi connectivity index (χ0v) is 18.5. The molecule has 3 amide bonds. The van der Waals surface area contributed by atoms with E-state index in [0.29, 0.717) is 18.8 Å². The molecule has 4 atom stereocenters. The predicted molar refractivity (Wildman–Crippen MR) is 119 cm³/mol. The molecule has 0 unspecified atom stereocenters. The van der Waals surface area contributed by atoms with Crippen molar-refractivity contribution in [1.82, 2.24) is 10.2 Å². The highest BCUT2D eigenvalue weighted by Gasteiger charge is 2.73. The molecular formula is C25H25N3O5. The number of carbonyl (C=O) groups is 4. The normalized spacial score (nSPS) is 29.0. The van der Waals surface area contributed by atoms with Crippen molar-refractivity contribution in [2.24, 2.45) is 11.8 Å². The van der Waals surface area contributed by atoms with Gasteiger partial charge in [-0.3, -0.25) is 24.1 Å². The van der Waals surface area contributed by atoms with Gasteiger partial charge in [0.1, 0.15) is 5.54 Å². The molecule has 1 N–H and O–H groups in total. The Morgan fingerprint density at radius 2 is 1.76 bits per heavy atom. The number of amides is 3. The number of ether oxygens (including phenoxy) is 1. The van der Waals surface area contributed by atoms with Crippen LogP contribution in [0.25, 0.3) is 0 Å². The molecule has 3 fully saturated rings. The SMILES string of the molecule is COC(=O)C[C@]12C(=O)NCCN1[C@H](c1ccccc1)[C@H]1C(=O)N(c3ccccc3C)C(=O)[C@H]12. The van der Waals surface area contributed by atoms with Gasteiger partial charge in [-0.05, 0) is 24.1 Å². The van der Waals surface area contributed by atoms with E-state index in [1.54, 1.807) is 12.1 Å². The Morgan fingerprint density at radius 1 is 1.06 bits per heavy atom. The lowest BCUT2D eigenvalue weighted by Gasteiger charge is -2.45. The summed E-state index contributed by atoms with van der Waals surface area (Å²) in [6, 6.07) is 16.1. The number of para-hydroxylation sites is 1. The van der Waals surface area contributed by atoms with Gasteiger partial charge < -0.3 is 10.1 Å². The minimum absolute atomic E-state index is 0.305. The molecule has 3 saturated heterocycles. The van der Waals surface area contributed by atoms with E-state index in [9.17, 15) is 19.2 Å². The maximum Gasteiger partial charge on any atom is 0.307 e.